The molecule has 2 aliphatic carbocycles. The average Bonchev–Trinajstić information content (AvgIpc) is 2.89. The fourth-order valence-electron chi connectivity index (χ4n) is 4.98. The molecule has 1 saturated carbocycles. The summed E-state index contributed by atoms with van der Waals surface area (Å²) in [6, 6.07) is 7.49. The number of aryl methyl sites for hydroxylation is 1. The maximum absolute atomic E-state index is 9.67. The second-order valence-corrected chi connectivity index (χ2v) is 6.93. The van der Waals surface area contributed by atoms with Gasteiger partial charge in [-0.05, 0) is 74.2 Å². The van der Waals surface area contributed by atoms with E-state index in [2.05, 4.69) is 11.0 Å². The first-order valence-corrected chi connectivity index (χ1v) is 8.40. The lowest BCUT2D eigenvalue weighted by Gasteiger charge is -2.47. The molecule has 1 unspecified atom stereocenters. The van der Waals surface area contributed by atoms with Gasteiger partial charge >= 0.3 is 0 Å². The SMILES string of the molecule is Oc1ccc2c(c1)CCC2N1CCC[C@H]2CCCC[C@H]21. The number of phenols is 1. The van der Waals surface area contributed by atoms with Crippen molar-refractivity contribution in [3.05, 3.63) is 29.3 Å². The van der Waals surface area contributed by atoms with Crippen molar-refractivity contribution in [2.45, 2.75) is 63.5 Å². The third-order valence-electron chi connectivity index (χ3n) is 5.86. The number of phenolic OH excluding ortho intramolecular Hbond substituents is 1. The molecule has 4 rings (SSSR count). The van der Waals surface area contributed by atoms with Crippen molar-refractivity contribution in [2.75, 3.05) is 6.54 Å². The summed E-state index contributed by atoms with van der Waals surface area (Å²) >= 11 is 0. The predicted octanol–water partition coefficient (Wildman–Crippen LogP) is 4.03. The van der Waals surface area contributed by atoms with Gasteiger partial charge in [0, 0.05) is 12.1 Å². The van der Waals surface area contributed by atoms with Gasteiger partial charge in [0.1, 0.15) is 5.75 Å². The molecule has 3 aliphatic rings. The van der Waals surface area contributed by atoms with Crippen LogP contribution in [0.15, 0.2) is 18.2 Å². The normalized spacial score (nSPS) is 33.7. The summed E-state index contributed by atoms with van der Waals surface area (Å²) in [6.07, 6.45) is 11.0. The van der Waals surface area contributed by atoms with Crippen molar-refractivity contribution in [3.63, 3.8) is 0 Å². The first-order valence-electron chi connectivity index (χ1n) is 8.40. The lowest BCUT2D eigenvalue weighted by molar-refractivity contribution is 0.0254. The Morgan fingerprint density at radius 1 is 1.00 bits per heavy atom. The maximum Gasteiger partial charge on any atom is 0.115 e. The van der Waals surface area contributed by atoms with Crippen LogP contribution in [0, 0.1) is 5.92 Å². The van der Waals surface area contributed by atoms with Gasteiger partial charge in [0.25, 0.3) is 0 Å². The molecule has 1 saturated heterocycles. The van der Waals surface area contributed by atoms with Crippen LogP contribution in [0.2, 0.25) is 0 Å². The van der Waals surface area contributed by atoms with Crippen LogP contribution in [-0.4, -0.2) is 22.6 Å². The van der Waals surface area contributed by atoms with Gasteiger partial charge in [-0.3, -0.25) is 4.90 Å². The van der Waals surface area contributed by atoms with E-state index in [9.17, 15) is 5.11 Å². The van der Waals surface area contributed by atoms with E-state index in [0.29, 0.717) is 11.8 Å². The molecule has 1 aliphatic heterocycles. The summed E-state index contributed by atoms with van der Waals surface area (Å²) < 4.78 is 0. The summed E-state index contributed by atoms with van der Waals surface area (Å²) in [6.45, 7) is 1.28. The number of hydrogen-bond donors (Lipinski definition) is 1. The van der Waals surface area contributed by atoms with Gasteiger partial charge in [-0.2, -0.15) is 0 Å². The van der Waals surface area contributed by atoms with Gasteiger partial charge in [0.2, 0.25) is 0 Å². The van der Waals surface area contributed by atoms with E-state index in [1.165, 1.54) is 62.6 Å². The third kappa shape index (κ3) is 2.05. The highest BCUT2D eigenvalue weighted by atomic mass is 16.3. The molecule has 1 heterocycles. The van der Waals surface area contributed by atoms with Crippen LogP contribution in [0.25, 0.3) is 0 Å². The minimum atomic E-state index is 0.429. The topological polar surface area (TPSA) is 23.5 Å². The molecular formula is C18H25NO. The number of rotatable bonds is 1. The maximum atomic E-state index is 9.67. The van der Waals surface area contributed by atoms with E-state index >= 15 is 0 Å². The molecule has 0 aromatic heterocycles. The van der Waals surface area contributed by atoms with E-state index in [-0.39, 0.29) is 0 Å². The molecule has 0 spiro atoms. The Bertz CT molecular complexity index is 496. The first kappa shape index (κ1) is 12.7. The van der Waals surface area contributed by atoms with E-state index < -0.39 is 0 Å². The van der Waals surface area contributed by atoms with E-state index in [4.69, 9.17) is 0 Å². The van der Waals surface area contributed by atoms with Gasteiger partial charge in [-0.15, -0.1) is 0 Å². The molecule has 3 atom stereocenters. The second-order valence-electron chi connectivity index (χ2n) is 6.93. The Kier molecular flexibility index (Phi) is 3.22. The van der Waals surface area contributed by atoms with Crippen molar-refractivity contribution in [2.24, 2.45) is 5.92 Å². The Balaban J connectivity index is 1.62. The van der Waals surface area contributed by atoms with E-state index in [0.717, 1.165) is 18.4 Å². The Morgan fingerprint density at radius 3 is 2.80 bits per heavy atom. The number of piperidine rings is 1. The van der Waals surface area contributed by atoms with Gasteiger partial charge in [0.15, 0.2) is 0 Å². The number of fused-ring (bicyclic) bond motifs is 2. The third-order valence-corrected chi connectivity index (χ3v) is 5.86. The van der Waals surface area contributed by atoms with Crippen LogP contribution in [-0.2, 0) is 6.42 Å². The van der Waals surface area contributed by atoms with Crippen molar-refractivity contribution in [3.8, 4) is 5.75 Å². The lowest BCUT2D eigenvalue weighted by Crippen LogP contribution is -2.47. The zero-order valence-electron chi connectivity index (χ0n) is 12.2. The number of benzene rings is 1. The number of nitrogens with zero attached hydrogens (tertiary/aromatic N) is 1. The van der Waals surface area contributed by atoms with E-state index in [1.807, 2.05) is 12.1 Å². The minimum absolute atomic E-state index is 0.429. The molecular weight excluding hydrogens is 246 g/mol. The second kappa shape index (κ2) is 5.07. The van der Waals surface area contributed by atoms with Crippen LogP contribution in [0.5, 0.6) is 5.75 Å². The van der Waals surface area contributed by atoms with Crippen molar-refractivity contribution in [1.82, 2.24) is 4.90 Å². The van der Waals surface area contributed by atoms with Crippen molar-refractivity contribution < 1.29 is 5.11 Å². The Morgan fingerprint density at radius 2 is 1.85 bits per heavy atom. The first-order chi connectivity index (χ1) is 9.83. The van der Waals surface area contributed by atoms with Crippen LogP contribution in [0.3, 0.4) is 0 Å². The molecule has 2 nitrogen and oxygen atoms in total. The number of hydrogen-bond acceptors (Lipinski definition) is 2. The summed E-state index contributed by atoms with van der Waals surface area (Å²) in [5.41, 5.74) is 2.88. The van der Waals surface area contributed by atoms with Crippen LogP contribution >= 0.6 is 0 Å². The quantitative estimate of drug-likeness (QED) is 0.833. The highest BCUT2D eigenvalue weighted by Gasteiger charge is 2.39. The van der Waals surface area contributed by atoms with Crippen LogP contribution in [0.1, 0.15) is 62.1 Å². The zero-order valence-corrected chi connectivity index (χ0v) is 12.2. The van der Waals surface area contributed by atoms with Gasteiger partial charge in [0.05, 0.1) is 0 Å². The molecule has 2 heteroatoms. The molecule has 2 fully saturated rings. The minimum Gasteiger partial charge on any atom is -0.508 e. The summed E-state index contributed by atoms with van der Waals surface area (Å²) in [7, 11) is 0. The molecule has 0 bridgehead atoms. The Hall–Kier alpha value is -1.02. The largest absolute Gasteiger partial charge is 0.508 e. The van der Waals surface area contributed by atoms with Gasteiger partial charge < -0.3 is 5.11 Å². The molecule has 0 amide bonds. The molecule has 108 valence electrons. The highest BCUT2D eigenvalue weighted by Crippen LogP contribution is 2.44. The van der Waals surface area contributed by atoms with Crippen LogP contribution in [0.4, 0.5) is 0 Å². The van der Waals surface area contributed by atoms with Gasteiger partial charge in [-0.25, -0.2) is 0 Å². The highest BCUT2D eigenvalue weighted by molar-refractivity contribution is 5.40. The number of aromatic hydroxyl groups is 1. The predicted molar refractivity (Wildman–Crippen MR) is 80.9 cm³/mol. The van der Waals surface area contributed by atoms with Crippen LogP contribution < -0.4 is 0 Å². The fourth-order valence-corrected chi connectivity index (χ4v) is 4.98. The monoisotopic (exact) mass is 271 g/mol. The summed E-state index contributed by atoms with van der Waals surface area (Å²) in [5, 5.41) is 9.67. The van der Waals surface area contributed by atoms with Crippen molar-refractivity contribution in [1.29, 1.82) is 0 Å². The van der Waals surface area contributed by atoms with E-state index in [1.54, 1.807) is 0 Å². The molecule has 1 aromatic carbocycles. The zero-order chi connectivity index (χ0) is 13.5. The lowest BCUT2D eigenvalue weighted by atomic mass is 9.77. The smallest absolute Gasteiger partial charge is 0.115 e. The molecule has 1 aromatic rings. The standard InChI is InChI=1S/C18H25NO/c20-15-8-9-16-14(12-15)7-10-18(16)19-11-3-5-13-4-1-2-6-17(13)19/h8-9,12-13,17-18,20H,1-7,10-11H2/t13-,17-,18?/m1/s1. The number of likely N-dealkylation sites (tertiary alicyclic amines) is 1. The molecule has 1 N–H and O–H groups in total. The molecule has 0 radical (unpaired) electrons. The molecule has 20 heavy (non-hydrogen) atoms. The average molecular weight is 271 g/mol. The summed E-state index contributed by atoms with van der Waals surface area (Å²) in [4.78, 5) is 2.83. The van der Waals surface area contributed by atoms with Gasteiger partial charge in [-0.1, -0.05) is 18.9 Å². The fraction of sp³-hybridized carbons (Fsp3) is 0.667. The summed E-state index contributed by atoms with van der Waals surface area (Å²) in [5.74, 6) is 1.39. The van der Waals surface area contributed by atoms with Crippen molar-refractivity contribution >= 4 is 0 Å². The Labute approximate surface area is 121 Å².